The van der Waals surface area contributed by atoms with Gasteiger partial charge in [0.25, 0.3) is 0 Å². The third-order valence-electron chi connectivity index (χ3n) is 3.57. The maximum Gasteiger partial charge on any atom is 0.224 e. The Morgan fingerprint density at radius 2 is 2.00 bits per heavy atom. The summed E-state index contributed by atoms with van der Waals surface area (Å²) in [5.41, 5.74) is 5.60. The fraction of sp³-hybridized carbons (Fsp3) is 0.846. The van der Waals surface area contributed by atoms with Crippen LogP contribution in [0.25, 0.3) is 0 Å². The number of oxime groups is 1. The van der Waals surface area contributed by atoms with Gasteiger partial charge in [-0.1, -0.05) is 12.1 Å². The molecule has 20 heavy (non-hydrogen) atoms. The third kappa shape index (κ3) is 4.97. The highest BCUT2D eigenvalue weighted by Crippen LogP contribution is 2.08. The Morgan fingerprint density at radius 3 is 2.55 bits per heavy atom. The monoisotopic (exact) mass is 286 g/mol. The van der Waals surface area contributed by atoms with Crippen molar-refractivity contribution in [2.24, 2.45) is 10.9 Å². The van der Waals surface area contributed by atoms with Gasteiger partial charge >= 0.3 is 0 Å². The number of amidine groups is 1. The second-order valence-corrected chi connectivity index (χ2v) is 4.98. The number of rotatable bonds is 7. The lowest BCUT2D eigenvalue weighted by Gasteiger charge is -2.37. The molecule has 0 aromatic rings. The van der Waals surface area contributed by atoms with Gasteiger partial charge in [0.1, 0.15) is 0 Å². The quantitative estimate of drug-likeness (QED) is 0.227. The first kappa shape index (κ1) is 16.7. The van der Waals surface area contributed by atoms with Crippen molar-refractivity contribution in [3.63, 3.8) is 0 Å². The number of nitrogens with two attached hydrogens (primary N) is 1. The van der Waals surface area contributed by atoms with Crippen molar-refractivity contribution in [3.8, 4) is 0 Å². The lowest BCUT2D eigenvalue weighted by atomic mass is 10.2. The summed E-state index contributed by atoms with van der Waals surface area (Å²) in [5.74, 6) is 0.343. The molecule has 0 radical (unpaired) electrons. The molecule has 0 aromatic heterocycles. The zero-order valence-corrected chi connectivity index (χ0v) is 12.4. The van der Waals surface area contributed by atoms with Crippen molar-refractivity contribution >= 4 is 11.7 Å². The summed E-state index contributed by atoms with van der Waals surface area (Å²) in [6, 6.07) is -0.106. The molecule has 1 amide bonds. The molecule has 1 unspecified atom stereocenters. The predicted molar refractivity (Wildman–Crippen MR) is 76.8 cm³/mol. The second-order valence-electron chi connectivity index (χ2n) is 4.98. The first-order chi connectivity index (χ1) is 9.60. The fourth-order valence-corrected chi connectivity index (χ4v) is 2.19. The van der Waals surface area contributed by atoms with Gasteiger partial charge in [0.05, 0.1) is 19.1 Å². The number of hydrogen-bond acceptors (Lipinski definition) is 5. The van der Waals surface area contributed by atoms with Crippen molar-refractivity contribution in [1.29, 1.82) is 0 Å². The van der Waals surface area contributed by atoms with Crippen molar-refractivity contribution in [1.82, 2.24) is 9.80 Å². The van der Waals surface area contributed by atoms with Gasteiger partial charge < -0.3 is 20.6 Å². The van der Waals surface area contributed by atoms with E-state index < -0.39 is 0 Å². The van der Waals surface area contributed by atoms with Gasteiger partial charge in [-0.2, -0.15) is 0 Å². The largest absolute Gasteiger partial charge is 0.409 e. The summed E-state index contributed by atoms with van der Waals surface area (Å²) < 4.78 is 5.33. The van der Waals surface area contributed by atoms with Gasteiger partial charge in [-0.25, -0.2) is 0 Å². The molecule has 1 rings (SSSR count). The highest BCUT2D eigenvalue weighted by Gasteiger charge is 2.25. The number of nitrogens with zero attached hydrogens (tertiary/aromatic N) is 3. The molecule has 7 nitrogen and oxygen atoms in total. The summed E-state index contributed by atoms with van der Waals surface area (Å²) in [7, 11) is 0. The van der Waals surface area contributed by atoms with Crippen LogP contribution in [0.15, 0.2) is 5.16 Å². The number of carbonyl (C=O) groups excluding carboxylic acids is 1. The molecule has 0 spiro atoms. The maximum atomic E-state index is 12.0. The molecule has 7 heteroatoms. The first-order valence-electron chi connectivity index (χ1n) is 7.17. The molecule has 1 saturated heterocycles. The van der Waals surface area contributed by atoms with E-state index in [-0.39, 0.29) is 17.8 Å². The molecule has 0 bridgehead atoms. The summed E-state index contributed by atoms with van der Waals surface area (Å²) in [6.45, 7) is 7.96. The van der Waals surface area contributed by atoms with E-state index in [4.69, 9.17) is 15.7 Å². The Labute approximate surface area is 120 Å². The maximum absolute atomic E-state index is 12.0. The average Bonchev–Trinajstić information content (AvgIpc) is 2.50. The van der Waals surface area contributed by atoms with Crippen LogP contribution >= 0.6 is 0 Å². The fourth-order valence-electron chi connectivity index (χ4n) is 2.19. The number of amides is 1. The lowest BCUT2D eigenvalue weighted by Crippen LogP contribution is -2.54. The molecule has 1 fully saturated rings. The Hall–Kier alpha value is -1.34. The Bertz CT molecular complexity index is 328. The van der Waals surface area contributed by atoms with Crippen LogP contribution < -0.4 is 5.73 Å². The Balaban J connectivity index is 2.29. The van der Waals surface area contributed by atoms with E-state index in [0.29, 0.717) is 32.7 Å². The number of piperazine rings is 1. The van der Waals surface area contributed by atoms with Crippen LogP contribution in [0.4, 0.5) is 0 Å². The van der Waals surface area contributed by atoms with Crippen LogP contribution in [0, 0.1) is 0 Å². The summed E-state index contributed by atoms with van der Waals surface area (Å²) >= 11 is 0. The van der Waals surface area contributed by atoms with Crippen LogP contribution in [0.1, 0.15) is 26.7 Å². The minimum atomic E-state index is -0.106. The van der Waals surface area contributed by atoms with E-state index in [1.54, 1.807) is 0 Å². The van der Waals surface area contributed by atoms with Crippen LogP contribution in [-0.4, -0.2) is 72.2 Å². The van der Waals surface area contributed by atoms with Gasteiger partial charge in [0, 0.05) is 32.8 Å². The normalized spacial score (nSPS) is 19.1. The molecule has 0 saturated carbocycles. The van der Waals surface area contributed by atoms with E-state index in [9.17, 15) is 4.79 Å². The lowest BCUT2D eigenvalue weighted by molar-refractivity contribution is -0.134. The number of hydrogen-bond donors (Lipinski definition) is 2. The summed E-state index contributed by atoms with van der Waals surface area (Å²) in [4.78, 5) is 15.9. The molecule has 116 valence electrons. The minimum Gasteiger partial charge on any atom is -0.409 e. The van der Waals surface area contributed by atoms with Gasteiger partial charge in [0.2, 0.25) is 5.91 Å². The molecule has 0 aromatic carbocycles. The smallest absolute Gasteiger partial charge is 0.224 e. The zero-order valence-electron chi connectivity index (χ0n) is 12.4. The number of ether oxygens (including phenoxy) is 1. The molecule has 1 aliphatic rings. The van der Waals surface area contributed by atoms with Crippen LogP contribution in [-0.2, 0) is 9.53 Å². The Kier molecular flexibility index (Phi) is 7.32. The second kappa shape index (κ2) is 8.76. The SMILES string of the molecule is CCCOCCC(=O)N1CCN(C(C)C(N)=NO)CC1. The van der Waals surface area contributed by atoms with Crippen molar-refractivity contribution in [2.75, 3.05) is 39.4 Å². The highest BCUT2D eigenvalue weighted by atomic mass is 16.5. The van der Waals surface area contributed by atoms with Crippen LogP contribution in [0.2, 0.25) is 0 Å². The average molecular weight is 286 g/mol. The highest BCUT2D eigenvalue weighted by molar-refractivity contribution is 5.84. The van der Waals surface area contributed by atoms with Crippen LogP contribution in [0.5, 0.6) is 0 Å². The van der Waals surface area contributed by atoms with E-state index in [0.717, 1.165) is 19.5 Å². The molecule has 3 N–H and O–H groups in total. The van der Waals surface area contributed by atoms with Crippen LogP contribution in [0.3, 0.4) is 0 Å². The van der Waals surface area contributed by atoms with E-state index in [2.05, 4.69) is 10.1 Å². The topological polar surface area (TPSA) is 91.4 Å². The molecule has 0 aliphatic carbocycles. The first-order valence-corrected chi connectivity index (χ1v) is 7.17. The molecule has 1 aliphatic heterocycles. The van der Waals surface area contributed by atoms with Gasteiger partial charge in [-0.3, -0.25) is 9.69 Å². The van der Waals surface area contributed by atoms with Gasteiger partial charge in [0.15, 0.2) is 5.84 Å². The van der Waals surface area contributed by atoms with E-state index in [1.807, 2.05) is 18.7 Å². The zero-order chi connectivity index (χ0) is 15.0. The minimum absolute atomic E-state index is 0.106. The van der Waals surface area contributed by atoms with Crippen molar-refractivity contribution in [3.05, 3.63) is 0 Å². The van der Waals surface area contributed by atoms with Crippen molar-refractivity contribution in [2.45, 2.75) is 32.7 Å². The van der Waals surface area contributed by atoms with Crippen molar-refractivity contribution < 1.29 is 14.7 Å². The van der Waals surface area contributed by atoms with Gasteiger partial charge in [-0.05, 0) is 13.3 Å². The summed E-state index contributed by atoms with van der Waals surface area (Å²) in [5, 5.41) is 11.7. The standard InChI is InChI=1S/C13H26N4O3/c1-3-9-20-10-4-12(18)17-7-5-16(6-8-17)11(2)13(14)15-19/h11,19H,3-10H2,1-2H3,(H2,14,15). The van der Waals surface area contributed by atoms with E-state index in [1.165, 1.54) is 0 Å². The molecular formula is C13H26N4O3. The predicted octanol–water partition coefficient (Wildman–Crippen LogP) is 0.0822. The molecular weight excluding hydrogens is 260 g/mol. The summed E-state index contributed by atoms with van der Waals surface area (Å²) in [6.07, 6.45) is 1.41. The molecule has 1 atom stereocenters. The Morgan fingerprint density at radius 1 is 1.35 bits per heavy atom. The van der Waals surface area contributed by atoms with Gasteiger partial charge in [-0.15, -0.1) is 0 Å². The molecule has 1 heterocycles. The number of carbonyl (C=O) groups is 1. The third-order valence-corrected chi connectivity index (χ3v) is 3.57. The van der Waals surface area contributed by atoms with E-state index >= 15 is 0 Å².